The lowest BCUT2D eigenvalue weighted by Crippen LogP contribution is -2.44. The van der Waals surface area contributed by atoms with Gasteiger partial charge in [0.05, 0.1) is 23.1 Å². The minimum Gasteiger partial charge on any atom is -0.473 e. The number of nitrogens with zero attached hydrogens (tertiary/aromatic N) is 3. The third kappa shape index (κ3) is 4.33. The molecule has 5 heteroatoms. The number of para-hydroxylation sites is 2. The van der Waals surface area contributed by atoms with Gasteiger partial charge in [0, 0.05) is 25.9 Å². The minimum atomic E-state index is -0.291. The largest absolute Gasteiger partial charge is 0.473 e. The number of likely N-dealkylation sites (tertiary alicyclic amines) is 1. The first kappa shape index (κ1) is 20.2. The zero-order valence-electron chi connectivity index (χ0n) is 17.8. The van der Waals surface area contributed by atoms with Crippen LogP contribution >= 0.6 is 0 Å². The summed E-state index contributed by atoms with van der Waals surface area (Å²) in [5.74, 6) is 0.396. The second-order valence-corrected chi connectivity index (χ2v) is 8.09. The summed E-state index contributed by atoms with van der Waals surface area (Å²) in [5.41, 5.74) is 3.72. The van der Waals surface area contributed by atoms with Crippen LogP contribution in [0.4, 0.5) is 0 Å². The molecule has 0 unspecified atom stereocenters. The number of aromatic nitrogens is 2. The van der Waals surface area contributed by atoms with E-state index in [0.717, 1.165) is 35.0 Å². The lowest BCUT2D eigenvalue weighted by atomic mass is 9.89. The molecule has 5 rings (SSSR count). The highest BCUT2D eigenvalue weighted by atomic mass is 16.5. The zero-order chi connectivity index (χ0) is 21.8. The Morgan fingerprint density at radius 3 is 2.00 bits per heavy atom. The Bertz CT molecular complexity index is 1150. The fourth-order valence-electron chi connectivity index (χ4n) is 4.31. The van der Waals surface area contributed by atoms with Crippen molar-refractivity contribution in [1.82, 2.24) is 14.9 Å². The van der Waals surface area contributed by atoms with Crippen LogP contribution in [0.5, 0.6) is 5.88 Å². The first-order chi connectivity index (χ1) is 15.8. The van der Waals surface area contributed by atoms with E-state index in [0.29, 0.717) is 19.0 Å². The fraction of sp³-hybridized carbons (Fsp3) is 0.222. The predicted octanol–water partition coefficient (Wildman–Crippen LogP) is 4.83. The van der Waals surface area contributed by atoms with E-state index in [-0.39, 0.29) is 17.9 Å². The fourth-order valence-corrected chi connectivity index (χ4v) is 4.31. The standard InChI is InChI=1S/C27H25N3O2/c31-27(26(20-9-3-1-4-10-20)21-11-5-2-6-12-21)30-17-15-22(16-18-30)32-25-19-28-23-13-7-8-14-24(23)29-25/h1-14,19,22,26H,15-18H2. The molecule has 1 aliphatic rings. The number of ether oxygens (including phenoxy) is 1. The van der Waals surface area contributed by atoms with Crippen LogP contribution in [0, 0.1) is 0 Å². The van der Waals surface area contributed by atoms with Crippen molar-refractivity contribution in [3.05, 3.63) is 102 Å². The van der Waals surface area contributed by atoms with Crippen molar-refractivity contribution in [2.75, 3.05) is 13.1 Å². The molecule has 4 aromatic rings. The molecular weight excluding hydrogens is 398 g/mol. The van der Waals surface area contributed by atoms with Crippen molar-refractivity contribution in [3.63, 3.8) is 0 Å². The van der Waals surface area contributed by atoms with Gasteiger partial charge in [0.1, 0.15) is 6.10 Å². The van der Waals surface area contributed by atoms with Gasteiger partial charge in [0.2, 0.25) is 11.8 Å². The average molecular weight is 424 g/mol. The molecule has 0 saturated carbocycles. The first-order valence-corrected chi connectivity index (χ1v) is 11.0. The van der Waals surface area contributed by atoms with E-state index in [9.17, 15) is 4.79 Å². The van der Waals surface area contributed by atoms with Crippen LogP contribution in [-0.4, -0.2) is 40.0 Å². The minimum absolute atomic E-state index is 0.0291. The molecule has 0 aliphatic carbocycles. The van der Waals surface area contributed by atoms with Crippen molar-refractivity contribution in [2.24, 2.45) is 0 Å². The molecule has 1 fully saturated rings. The van der Waals surface area contributed by atoms with Crippen LogP contribution in [-0.2, 0) is 4.79 Å². The molecule has 3 aromatic carbocycles. The normalized spacial score (nSPS) is 14.6. The molecule has 0 spiro atoms. The summed E-state index contributed by atoms with van der Waals surface area (Å²) in [6.07, 6.45) is 3.26. The zero-order valence-corrected chi connectivity index (χ0v) is 17.8. The predicted molar refractivity (Wildman–Crippen MR) is 124 cm³/mol. The van der Waals surface area contributed by atoms with Crippen molar-refractivity contribution >= 4 is 16.9 Å². The van der Waals surface area contributed by atoms with Gasteiger partial charge in [-0.1, -0.05) is 72.8 Å². The Balaban J connectivity index is 1.27. The van der Waals surface area contributed by atoms with Crippen molar-refractivity contribution in [3.8, 4) is 5.88 Å². The number of hydrogen-bond donors (Lipinski definition) is 0. The maximum atomic E-state index is 13.6. The van der Waals surface area contributed by atoms with Gasteiger partial charge >= 0.3 is 0 Å². The van der Waals surface area contributed by atoms with E-state index in [2.05, 4.69) is 9.97 Å². The monoisotopic (exact) mass is 423 g/mol. The van der Waals surface area contributed by atoms with E-state index in [1.54, 1.807) is 6.20 Å². The second-order valence-electron chi connectivity index (χ2n) is 8.09. The number of hydrogen-bond acceptors (Lipinski definition) is 4. The topological polar surface area (TPSA) is 55.3 Å². The Labute approximate surface area is 187 Å². The molecule has 0 N–H and O–H groups in total. The summed E-state index contributed by atoms with van der Waals surface area (Å²) in [5, 5.41) is 0. The van der Waals surface area contributed by atoms with Crippen LogP contribution < -0.4 is 4.74 Å². The van der Waals surface area contributed by atoms with Crippen LogP contribution in [0.15, 0.2) is 91.1 Å². The molecule has 0 bridgehead atoms. The van der Waals surface area contributed by atoms with Gasteiger partial charge in [-0.25, -0.2) is 9.97 Å². The van der Waals surface area contributed by atoms with Crippen LogP contribution in [0.25, 0.3) is 11.0 Å². The molecule has 1 aromatic heterocycles. The Morgan fingerprint density at radius 1 is 0.812 bits per heavy atom. The van der Waals surface area contributed by atoms with E-state index in [1.165, 1.54) is 0 Å². The molecule has 0 atom stereocenters. The lowest BCUT2D eigenvalue weighted by Gasteiger charge is -2.34. The molecule has 160 valence electrons. The number of rotatable bonds is 5. The average Bonchev–Trinajstić information content (AvgIpc) is 2.86. The first-order valence-electron chi connectivity index (χ1n) is 11.0. The van der Waals surface area contributed by atoms with Gasteiger partial charge in [0.15, 0.2) is 0 Å². The van der Waals surface area contributed by atoms with Crippen LogP contribution in [0.3, 0.4) is 0 Å². The SMILES string of the molecule is O=C(C(c1ccccc1)c1ccccc1)N1CCC(Oc2cnc3ccccc3n2)CC1. The van der Waals surface area contributed by atoms with Gasteiger partial charge in [-0.15, -0.1) is 0 Å². The van der Waals surface area contributed by atoms with E-state index in [4.69, 9.17) is 4.74 Å². The van der Waals surface area contributed by atoms with Gasteiger partial charge in [-0.05, 0) is 23.3 Å². The molecule has 1 amide bonds. The number of piperidine rings is 1. The summed E-state index contributed by atoms with van der Waals surface area (Å²) in [6, 6.07) is 27.8. The van der Waals surface area contributed by atoms with Gasteiger partial charge in [0.25, 0.3) is 0 Å². The highest BCUT2D eigenvalue weighted by Crippen LogP contribution is 2.29. The molecule has 1 aliphatic heterocycles. The quantitative estimate of drug-likeness (QED) is 0.461. The highest BCUT2D eigenvalue weighted by molar-refractivity contribution is 5.87. The lowest BCUT2D eigenvalue weighted by molar-refractivity contribution is -0.133. The second kappa shape index (κ2) is 9.18. The molecule has 5 nitrogen and oxygen atoms in total. The number of benzene rings is 3. The number of amides is 1. The van der Waals surface area contributed by atoms with Gasteiger partial charge in [-0.2, -0.15) is 0 Å². The van der Waals surface area contributed by atoms with E-state index < -0.39 is 0 Å². The maximum absolute atomic E-state index is 13.6. The third-order valence-electron chi connectivity index (χ3n) is 5.98. The molecule has 1 saturated heterocycles. The van der Waals surface area contributed by atoms with Gasteiger partial charge < -0.3 is 9.64 Å². The molecule has 0 radical (unpaired) electrons. The maximum Gasteiger partial charge on any atom is 0.234 e. The Morgan fingerprint density at radius 2 is 1.38 bits per heavy atom. The summed E-state index contributed by atoms with van der Waals surface area (Å²) in [4.78, 5) is 24.5. The number of carbonyl (C=O) groups excluding carboxylic acids is 1. The van der Waals surface area contributed by atoms with Crippen molar-refractivity contribution in [1.29, 1.82) is 0 Å². The molecule has 2 heterocycles. The number of carbonyl (C=O) groups is 1. The Kier molecular flexibility index (Phi) is 5.79. The van der Waals surface area contributed by atoms with Crippen molar-refractivity contribution in [2.45, 2.75) is 24.9 Å². The van der Waals surface area contributed by atoms with Crippen LogP contribution in [0.1, 0.15) is 29.9 Å². The summed E-state index contributed by atoms with van der Waals surface area (Å²) < 4.78 is 6.11. The summed E-state index contributed by atoms with van der Waals surface area (Å²) in [6.45, 7) is 1.33. The van der Waals surface area contributed by atoms with Gasteiger partial charge in [-0.3, -0.25) is 4.79 Å². The number of fused-ring (bicyclic) bond motifs is 1. The smallest absolute Gasteiger partial charge is 0.234 e. The van der Waals surface area contributed by atoms with E-state index in [1.807, 2.05) is 89.8 Å². The van der Waals surface area contributed by atoms with E-state index >= 15 is 0 Å². The Hall–Kier alpha value is -3.73. The molecule has 32 heavy (non-hydrogen) atoms. The third-order valence-corrected chi connectivity index (χ3v) is 5.98. The van der Waals surface area contributed by atoms with Crippen molar-refractivity contribution < 1.29 is 9.53 Å². The summed E-state index contributed by atoms with van der Waals surface area (Å²) in [7, 11) is 0. The summed E-state index contributed by atoms with van der Waals surface area (Å²) >= 11 is 0. The molecular formula is C27H25N3O2. The highest BCUT2D eigenvalue weighted by Gasteiger charge is 2.31. The van der Waals surface area contributed by atoms with Crippen LogP contribution in [0.2, 0.25) is 0 Å².